The fourth-order valence-corrected chi connectivity index (χ4v) is 4.20. The monoisotopic (exact) mass is 485 g/mol. The van der Waals surface area contributed by atoms with Gasteiger partial charge in [-0.05, 0) is 55.7 Å². The molecule has 3 amide bonds. The molecule has 7 nitrogen and oxygen atoms in total. The summed E-state index contributed by atoms with van der Waals surface area (Å²) in [6.45, 7) is 6.69. The highest BCUT2D eigenvalue weighted by Gasteiger charge is 2.46. The fraction of sp³-hybridized carbons (Fsp3) is 0.276. The first kappa shape index (κ1) is 25.0. The summed E-state index contributed by atoms with van der Waals surface area (Å²) in [6.07, 6.45) is -0.513. The topological polar surface area (TPSA) is 87.7 Å². The number of hydrogen-bond donors (Lipinski definition) is 2. The lowest BCUT2D eigenvalue weighted by Crippen LogP contribution is -2.46. The molecule has 1 aliphatic rings. The minimum atomic E-state index is -0.807. The van der Waals surface area contributed by atoms with Crippen LogP contribution >= 0.6 is 0 Å². The van der Waals surface area contributed by atoms with Gasteiger partial charge in [0.15, 0.2) is 12.1 Å². The Morgan fingerprint density at radius 2 is 1.67 bits per heavy atom. The molecular formula is C29H31N3O4. The average molecular weight is 486 g/mol. The van der Waals surface area contributed by atoms with Crippen LogP contribution in [0.15, 0.2) is 72.8 Å². The number of ether oxygens (including phenoxy) is 1. The summed E-state index contributed by atoms with van der Waals surface area (Å²) in [5.41, 5.74) is 4.90. The van der Waals surface area contributed by atoms with Crippen molar-refractivity contribution in [1.82, 2.24) is 10.2 Å². The van der Waals surface area contributed by atoms with Crippen molar-refractivity contribution in [3.63, 3.8) is 0 Å². The summed E-state index contributed by atoms with van der Waals surface area (Å²) in [7, 11) is 0. The third kappa shape index (κ3) is 5.74. The normalized spacial score (nSPS) is 17.0. The van der Waals surface area contributed by atoms with Crippen LogP contribution in [0.4, 0.5) is 10.5 Å². The van der Waals surface area contributed by atoms with E-state index in [1.54, 1.807) is 30.3 Å². The van der Waals surface area contributed by atoms with Crippen molar-refractivity contribution in [3.8, 4) is 0 Å². The van der Waals surface area contributed by atoms with E-state index in [1.165, 1.54) is 4.90 Å². The van der Waals surface area contributed by atoms with Gasteiger partial charge >= 0.3 is 6.09 Å². The molecule has 0 bridgehead atoms. The second-order valence-electron chi connectivity index (χ2n) is 9.10. The molecule has 0 saturated carbocycles. The number of aryl methyl sites for hydroxylation is 2. The summed E-state index contributed by atoms with van der Waals surface area (Å²) in [5, 5.41) is 5.79. The van der Waals surface area contributed by atoms with E-state index < -0.39 is 18.2 Å². The van der Waals surface area contributed by atoms with Crippen molar-refractivity contribution in [3.05, 3.63) is 101 Å². The first-order chi connectivity index (χ1) is 17.4. The third-order valence-electron chi connectivity index (χ3n) is 6.15. The first-order valence-electron chi connectivity index (χ1n) is 12.1. The molecule has 1 heterocycles. The number of anilines is 1. The molecule has 3 aromatic rings. The summed E-state index contributed by atoms with van der Waals surface area (Å²) in [5.74, 6) is -0.462. The number of nitrogens with zero attached hydrogens (tertiary/aromatic N) is 1. The van der Waals surface area contributed by atoms with Gasteiger partial charge in [0.25, 0.3) is 5.91 Å². The SMILES string of the molecule is CCCNC(=O)[C@H]1[C@@H](c2ccc(NC(=O)c3cccc(C)c3)cc2)OC(=O)N1Cc1ccc(C)cc1. The Morgan fingerprint density at radius 3 is 2.33 bits per heavy atom. The van der Waals surface area contributed by atoms with E-state index in [0.29, 0.717) is 23.4 Å². The second kappa shape index (κ2) is 11.1. The van der Waals surface area contributed by atoms with E-state index in [0.717, 1.165) is 23.1 Å². The smallest absolute Gasteiger partial charge is 0.411 e. The highest BCUT2D eigenvalue weighted by Crippen LogP contribution is 2.34. The van der Waals surface area contributed by atoms with Crippen molar-refractivity contribution < 1.29 is 19.1 Å². The predicted molar refractivity (Wildman–Crippen MR) is 139 cm³/mol. The molecule has 36 heavy (non-hydrogen) atoms. The van der Waals surface area contributed by atoms with Crippen LogP contribution in [0.3, 0.4) is 0 Å². The van der Waals surface area contributed by atoms with Crippen molar-refractivity contribution in [2.75, 3.05) is 11.9 Å². The molecule has 3 aromatic carbocycles. The minimum absolute atomic E-state index is 0.208. The van der Waals surface area contributed by atoms with Gasteiger partial charge in [0, 0.05) is 17.8 Å². The quantitative estimate of drug-likeness (QED) is 0.462. The Bertz CT molecular complexity index is 1240. The van der Waals surface area contributed by atoms with Gasteiger partial charge in [0.2, 0.25) is 5.91 Å². The Morgan fingerprint density at radius 1 is 0.944 bits per heavy atom. The van der Waals surface area contributed by atoms with Crippen LogP contribution < -0.4 is 10.6 Å². The van der Waals surface area contributed by atoms with Crippen LogP contribution in [-0.2, 0) is 16.1 Å². The Kier molecular flexibility index (Phi) is 7.68. The van der Waals surface area contributed by atoms with Crippen molar-refractivity contribution in [1.29, 1.82) is 0 Å². The minimum Gasteiger partial charge on any atom is -0.438 e. The van der Waals surface area contributed by atoms with E-state index in [9.17, 15) is 14.4 Å². The number of benzene rings is 3. The van der Waals surface area contributed by atoms with Gasteiger partial charge in [0.05, 0.1) is 6.54 Å². The molecular weight excluding hydrogens is 454 g/mol. The molecule has 186 valence electrons. The molecule has 1 saturated heterocycles. The van der Waals surface area contributed by atoms with E-state index >= 15 is 0 Å². The highest BCUT2D eigenvalue weighted by atomic mass is 16.6. The zero-order valence-electron chi connectivity index (χ0n) is 20.8. The highest BCUT2D eigenvalue weighted by molar-refractivity contribution is 6.04. The van der Waals surface area contributed by atoms with Crippen LogP contribution in [-0.4, -0.2) is 35.4 Å². The summed E-state index contributed by atoms with van der Waals surface area (Å²) in [6, 6.07) is 21.5. The van der Waals surface area contributed by atoms with Gasteiger partial charge in [-0.3, -0.25) is 14.5 Å². The van der Waals surface area contributed by atoms with Gasteiger partial charge in [-0.25, -0.2) is 4.79 Å². The molecule has 0 aliphatic carbocycles. The van der Waals surface area contributed by atoms with Crippen molar-refractivity contribution in [2.45, 2.75) is 45.9 Å². The summed E-state index contributed by atoms with van der Waals surface area (Å²) >= 11 is 0. The second-order valence-corrected chi connectivity index (χ2v) is 9.10. The number of cyclic esters (lactones) is 1. The Hall–Kier alpha value is -4.13. The largest absolute Gasteiger partial charge is 0.438 e. The molecule has 0 radical (unpaired) electrons. The third-order valence-corrected chi connectivity index (χ3v) is 6.15. The first-order valence-corrected chi connectivity index (χ1v) is 12.1. The van der Waals surface area contributed by atoms with Crippen molar-refractivity contribution >= 4 is 23.6 Å². The van der Waals surface area contributed by atoms with E-state index in [4.69, 9.17) is 4.74 Å². The van der Waals surface area contributed by atoms with Crippen molar-refractivity contribution in [2.24, 2.45) is 0 Å². The van der Waals surface area contributed by atoms with Crippen LogP contribution in [0.5, 0.6) is 0 Å². The number of carbonyl (C=O) groups is 3. The van der Waals surface area contributed by atoms with Gasteiger partial charge < -0.3 is 15.4 Å². The zero-order chi connectivity index (χ0) is 25.7. The molecule has 4 rings (SSSR count). The molecule has 2 atom stereocenters. The zero-order valence-corrected chi connectivity index (χ0v) is 20.8. The number of nitrogens with one attached hydrogen (secondary N) is 2. The summed E-state index contributed by atoms with van der Waals surface area (Å²) in [4.78, 5) is 40.1. The van der Waals surface area contributed by atoms with Crippen LogP contribution in [0.1, 0.15) is 52.1 Å². The van der Waals surface area contributed by atoms with Gasteiger partial charge in [0.1, 0.15) is 0 Å². The molecule has 1 aliphatic heterocycles. The number of carbonyl (C=O) groups excluding carboxylic acids is 3. The average Bonchev–Trinajstić information content (AvgIpc) is 3.20. The van der Waals surface area contributed by atoms with E-state index in [-0.39, 0.29) is 18.4 Å². The van der Waals surface area contributed by atoms with Crippen LogP contribution in [0.25, 0.3) is 0 Å². The molecule has 1 fully saturated rings. The van der Waals surface area contributed by atoms with Crippen LogP contribution in [0, 0.1) is 13.8 Å². The Balaban J connectivity index is 1.54. The molecule has 7 heteroatoms. The Labute approximate surface area is 211 Å². The molecule has 0 aromatic heterocycles. The van der Waals surface area contributed by atoms with Gasteiger partial charge in [-0.1, -0.05) is 66.6 Å². The number of hydrogen-bond acceptors (Lipinski definition) is 4. The van der Waals surface area contributed by atoms with Gasteiger partial charge in [-0.15, -0.1) is 0 Å². The maximum atomic E-state index is 13.1. The fourth-order valence-electron chi connectivity index (χ4n) is 4.20. The lowest BCUT2D eigenvalue weighted by atomic mass is 10.00. The maximum absolute atomic E-state index is 13.1. The van der Waals surface area contributed by atoms with Gasteiger partial charge in [-0.2, -0.15) is 0 Å². The lowest BCUT2D eigenvalue weighted by molar-refractivity contribution is -0.126. The maximum Gasteiger partial charge on any atom is 0.411 e. The molecule has 0 unspecified atom stereocenters. The number of rotatable bonds is 8. The van der Waals surface area contributed by atoms with Crippen LogP contribution in [0.2, 0.25) is 0 Å². The molecule has 0 spiro atoms. The van der Waals surface area contributed by atoms with E-state index in [1.807, 2.05) is 63.2 Å². The summed E-state index contributed by atoms with van der Waals surface area (Å²) < 4.78 is 5.71. The van der Waals surface area contributed by atoms with E-state index in [2.05, 4.69) is 10.6 Å². The predicted octanol–water partition coefficient (Wildman–Crippen LogP) is 5.14. The standard InChI is InChI=1S/C29H31N3O4/c1-4-16-30-28(34)25-26(36-29(35)32(25)18-21-10-8-19(2)9-11-21)22-12-14-24(15-13-22)31-27(33)23-7-5-6-20(3)17-23/h5-15,17,25-26H,4,16,18H2,1-3H3,(H,30,34)(H,31,33)/t25-,26-/m1/s1. The molecule has 2 N–H and O–H groups in total. The lowest BCUT2D eigenvalue weighted by Gasteiger charge is -2.24. The number of amides is 3.